The van der Waals surface area contributed by atoms with Crippen LogP contribution in [-0.2, 0) is 4.79 Å². The van der Waals surface area contributed by atoms with Crippen LogP contribution in [0.25, 0.3) is 0 Å². The molecule has 3 amide bonds. The van der Waals surface area contributed by atoms with E-state index in [-0.39, 0.29) is 5.91 Å². The van der Waals surface area contributed by atoms with Crippen LogP contribution < -0.4 is 10.2 Å². The van der Waals surface area contributed by atoms with Crippen LogP contribution in [0.1, 0.15) is 25.8 Å². The Morgan fingerprint density at radius 1 is 1.35 bits per heavy atom. The molecule has 1 fully saturated rings. The Hall–Kier alpha value is -2.37. The van der Waals surface area contributed by atoms with Crippen LogP contribution in [0.2, 0.25) is 0 Å². The van der Waals surface area contributed by atoms with Crippen molar-refractivity contribution in [2.24, 2.45) is 11.1 Å². The maximum absolute atomic E-state index is 12.2. The summed E-state index contributed by atoms with van der Waals surface area (Å²) in [5.41, 5.74) is 1.19. The van der Waals surface area contributed by atoms with Gasteiger partial charge in [-0.05, 0) is 30.0 Å². The van der Waals surface area contributed by atoms with Gasteiger partial charge in [0.05, 0.1) is 11.9 Å². The Kier molecular flexibility index (Phi) is 4.02. The lowest BCUT2D eigenvalue weighted by Gasteiger charge is -2.14. The molecule has 1 saturated heterocycles. The molecule has 1 aromatic rings. The third-order valence-corrected chi connectivity index (χ3v) is 3.08. The zero-order valence-corrected chi connectivity index (χ0v) is 11.4. The van der Waals surface area contributed by atoms with Crippen molar-refractivity contribution < 1.29 is 14.8 Å². The molecule has 1 unspecified atom stereocenters. The molecular formula is C14H17N3O3. The van der Waals surface area contributed by atoms with Crippen molar-refractivity contribution in [3.05, 3.63) is 29.8 Å². The minimum Gasteiger partial charge on any atom is -0.411 e. The number of hydrogen-bond donors (Lipinski definition) is 2. The highest BCUT2D eigenvalue weighted by atomic mass is 16.4. The number of carbonyl (C=O) groups is 2. The van der Waals surface area contributed by atoms with E-state index in [0.29, 0.717) is 23.6 Å². The number of hydrogen-bond acceptors (Lipinski definition) is 4. The molecule has 2 N–H and O–H groups in total. The molecule has 1 aromatic carbocycles. The summed E-state index contributed by atoms with van der Waals surface area (Å²) >= 11 is 0. The molecule has 0 aliphatic carbocycles. The monoisotopic (exact) mass is 275 g/mol. The fraction of sp³-hybridized carbons (Fsp3) is 0.357. The van der Waals surface area contributed by atoms with Gasteiger partial charge in [0.15, 0.2) is 0 Å². The Morgan fingerprint density at radius 3 is 2.55 bits per heavy atom. The van der Waals surface area contributed by atoms with Gasteiger partial charge in [0.25, 0.3) is 5.91 Å². The quantitative estimate of drug-likeness (QED) is 0.381. The molecule has 1 heterocycles. The SMILES string of the molecule is CC(C)CC1NC(=O)N(c2ccc(C=NO)cc2)C1=O. The molecular weight excluding hydrogens is 258 g/mol. The molecule has 106 valence electrons. The second-order valence-electron chi connectivity index (χ2n) is 5.14. The summed E-state index contributed by atoms with van der Waals surface area (Å²) in [6, 6.07) is 5.78. The van der Waals surface area contributed by atoms with Crippen LogP contribution in [0.5, 0.6) is 0 Å². The second-order valence-corrected chi connectivity index (χ2v) is 5.14. The van der Waals surface area contributed by atoms with Gasteiger partial charge in [0.2, 0.25) is 0 Å². The number of anilines is 1. The van der Waals surface area contributed by atoms with Gasteiger partial charge in [0.1, 0.15) is 6.04 Å². The highest BCUT2D eigenvalue weighted by Gasteiger charge is 2.38. The van der Waals surface area contributed by atoms with Crippen molar-refractivity contribution in [3.8, 4) is 0 Å². The first-order chi connectivity index (χ1) is 9.52. The van der Waals surface area contributed by atoms with E-state index in [0.717, 1.165) is 4.90 Å². The maximum atomic E-state index is 12.2. The first-order valence-electron chi connectivity index (χ1n) is 6.45. The van der Waals surface area contributed by atoms with E-state index < -0.39 is 12.1 Å². The van der Waals surface area contributed by atoms with E-state index >= 15 is 0 Å². The number of imide groups is 1. The van der Waals surface area contributed by atoms with E-state index in [1.165, 1.54) is 6.21 Å². The lowest BCUT2D eigenvalue weighted by Crippen LogP contribution is -2.31. The third kappa shape index (κ3) is 2.79. The molecule has 6 nitrogen and oxygen atoms in total. The van der Waals surface area contributed by atoms with Gasteiger partial charge in [0, 0.05) is 0 Å². The number of nitrogens with zero attached hydrogens (tertiary/aromatic N) is 2. The number of rotatable bonds is 4. The van der Waals surface area contributed by atoms with E-state index in [2.05, 4.69) is 10.5 Å². The summed E-state index contributed by atoms with van der Waals surface area (Å²) in [4.78, 5) is 25.3. The van der Waals surface area contributed by atoms with Crippen LogP contribution in [0.3, 0.4) is 0 Å². The highest BCUT2D eigenvalue weighted by Crippen LogP contribution is 2.22. The normalized spacial score (nSPS) is 19.1. The average molecular weight is 275 g/mol. The third-order valence-electron chi connectivity index (χ3n) is 3.08. The smallest absolute Gasteiger partial charge is 0.329 e. The van der Waals surface area contributed by atoms with Crippen molar-refractivity contribution in [2.45, 2.75) is 26.3 Å². The lowest BCUT2D eigenvalue weighted by atomic mass is 10.0. The fourth-order valence-corrected chi connectivity index (χ4v) is 2.18. The van der Waals surface area contributed by atoms with E-state index in [9.17, 15) is 9.59 Å². The van der Waals surface area contributed by atoms with Crippen molar-refractivity contribution in [1.29, 1.82) is 0 Å². The van der Waals surface area contributed by atoms with Crippen molar-refractivity contribution >= 4 is 23.8 Å². The van der Waals surface area contributed by atoms with E-state index in [1.807, 2.05) is 13.8 Å². The van der Waals surface area contributed by atoms with Crippen LogP contribution in [-0.4, -0.2) is 29.4 Å². The van der Waals surface area contributed by atoms with E-state index in [4.69, 9.17) is 5.21 Å². The lowest BCUT2D eigenvalue weighted by molar-refractivity contribution is -0.118. The van der Waals surface area contributed by atoms with Crippen molar-refractivity contribution in [3.63, 3.8) is 0 Å². The summed E-state index contributed by atoms with van der Waals surface area (Å²) in [6.45, 7) is 4.01. The molecule has 0 aromatic heterocycles. The second kappa shape index (κ2) is 5.73. The van der Waals surface area contributed by atoms with Crippen molar-refractivity contribution in [2.75, 3.05) is 4.90 Å². The molecule has 1 aliphatic heterocycles. The predicted molar refractivity (Wildman–Crippen MR) is 75.1 cm³/mol. The van der Waals surface area contributed by atoms with Gasteiger partial charge in [-0.25, -0.2) is 9.69 Å². The number of urea groups is 1. The highest BCUT2D eigenvalue weighted by molar-refractivity contribution is 6.21. The van der Waals surface area contributed by atoms with Crippen LogP contribution in [0.4, 0.5) is 10.5 Å². The van der Waals surface area contributed by atoms with Crippen molar-refractivity contribution in [1.82, 2.24) is 5.32 Å². The van der Waals surface area contributed by atoms with Crippen LogP contribution in [0.15, 0.2) is 29.4 Å². The summed E-state index contributed by atoms with van der Waals surface area (Å²) < 4.78 is 0. The Balaban J connectivity index is 2.19. The van der Waals surface area contributed by atoms with Gasteiger partial charge < -0.3 is 10.5 Å². The number of benzene rings is 1. The number of carbonyl (C=O) groups excluding carboxylic acids is 2. The molecule has 0 spiro atoms. The number of oxime groups is 1. The predicted octanol–water partition coefficient (Wildman–Crippen LogP) is 1.97. The zero-order chi connectivity index (χ0) is 14.7. The summed E-state index contributed by atoms with van der Waals surface area (Å²) in [5, 5.41) is 14.1. The van der Waals surface area contributed by atoms with Gasteiger partial charge in [-0.3, -0.25) is 4.79 Å². The van der Waals surface area contributed by atoms with E-state index in [1.54, 1.807) is 24.3 Å². The largest absolute Gasteiger partial charge is 0.411 e. The minimum absolute atomic E-state index is 0.229. The molecule has 6 heteroatoms. The minimum atomic E-state index is -0.457. The number of nitrogens with one attached hydrogen (secondary N) is 1. The van der Waals surface area contributed by atoms with Gasteiger partial charge >= 0.3 is 6.03 Å². The molecule has 1 atom stereocenters. The molecule has 0 saturated carbocycles. The fourth-order valence-electron chi connectivity index (χ4n) is 2.18. The first-order valence-corrected chi connectivity index (χ1v) is 6.45. The van der Waals surface area contributed by atoms with Gasteiger partial charge in [-0.2, -0.15) is 0 Å². The Labute approximate surface area is 117 Å². The topological polar surface area (TPSA) is 82.0 Å². The maximum Gasteiger partial charge on any atom is 0.329 e. The average Bonchev–Trinajstić information content (AvgIpc) is 2.65. The number of amides is 3. The summed E-state index contributed by atoms with van der Waals surface area (Å²) in [7, 11) is 0. The molecule has 20 heavy (non-hydrogen) atoms. The zero-order valence-electron chi connectivity index (χ0n) is 11.4. The van der Waals surface area contributed by atoms with Crippen LogP contribution in [0, 0.1) is 5.92 Å². The molecule has 0 bridgehead atoms. The molecule has 1 aliphatic rings. The summed E-state index contributed by atoms with van der Waals surface area (Å²) in [6.07, 6.45) is 1.90. The Morgan fingerprint density at radius 2 is 2.00 bits per heavy atom. The Bertz CT molecular complexity index is 537. The van der Waals surface area contributed by atoms with Gasteiger partial charge in [-0.1, -0.05) is 31.1 Å². The van der Waals surface area contributed by atoms with Crippen LogP contribution >= 0.6 is 0 Å². The van der Waals surface area contributed by atoms with Gasteiger partial charge in [-0.15, -0.1) is 0 Å². The first kappa shape index (κ1) is 14.0. The summed E-state index contributed by atoms with van der Waals surface area (Å²) in [5.74, 6) is 0.0969. The standard InChI is InChI=1S/C14H17N3O3/c1-9(2)7-12-13(18)17(14(19)16-12)11-5-3-10(4-6-11)8-15-20/h3-6,8-9,12,20H,7H2,1-2H3,(H,16,19). The molecule has 0 radical (unpaired) electrons. The molecule has 2 rings (SSSR count).